The minimum Gasteiger partial charge on any atom is -0.346 e. The summed E-state index contributed by atoms with van der Waals surface area (Å²) in [5.41, 5.74) is 3.96. The molecule has 25 heavy (non-hydrogen) atoms. The van der Waals surface area contributed by atoms with Gasteiger partial charge in [0.05, 0.1) is 12.3 Å². The zero-order chi connectivity index (χ0) is 18.6. The van der Waals surface area contributed by atoms with Gasteiger partial charge in [-0.15, -0.1) is 10.2 Å². The second-order valence-electron chi connectivity index (χ2n) is 5.98. The highest BCUT2D eigenvalue weighted by molar-refractivity contribution is 7.99. The predicted octanol–water partition coefficient (Wildman–Crippen LogP) is 1.90. The molecule has 0 radical (unpaired) electrons. The molecule has 0 aliphatic heterocycles. The van der Waals surface area contributed by atoms with Crippen molar-refractivity contribution >= 4 is 29.3 Å². The summed E-state index contributed by atoms with van der Waals surface area (Å²) in [4.78, 5) is 24.0. The van der Waals surface area contributed by atoms with Gasteiger partial charge in [0.1, 0.15) is 5.82 Å². The zero-order valence-corrected chi connectivity index (χ0v) is 16.0. The Bertz CT molecular complexity index is 777. The predicted molar refractivity (Wildman–Crippen MR) is 98.8 cm³/mol. The summed E-state index contributed by atoms with van der Waals surface area (Å²) in [6.45, 7) is 7.70. The van der Waals surface area contributed by atoms with Crippen LogP contribution >= 0.6 is 11.8 Å². The molecule has 0 saturated carbocycles. The first-order valence-corrected chi connectivity index (χ1v) is 8.89. The fraction of sp³-hybridized carbons (Fsp3) is 0.412. The molecule has 1 aromatic heterocycles. The fourth-order valence-electron chi connectivity index (χ4n) is 2.43. The molecule has 0 unspecified atom stereocenters. The highest BCUT2D eigenvalue weighted by Gasteiger charge is 2.12. The summed E-state index contributed by atoms with van der Waals surface area (Å²) in [6, 6.07) is 4.03. The summed E-state index contributed by atoms with van der Waals surface area (Å²) in [7, 11) is 1.84. The van der Waals surface area contributed by atoms with Crippen LogP contribution in [-0.2, 0) is 16.6 Å². The largest absolute Gasteiger partial charge is 0.346 e. The molecule has 2 N–H and O–H groups in total. The number of hydrogen-bond donors (Lipinski definition) is 2. The SMILES string of the molecule is Cc1cc(C)c(NC(=O)CNC(=O)CSc2nnc(C)n2C)c(C)c1. The lowest BCUT2D eigenvalue weighted by atomic mass is 10.1. The number of amides is 2. The van der Waals surface area contributed by atoms with Gasteiger partial charge in [-0.25, -0.2) is 0 Å². The summed E-state index contributed by atoms with van der Waals surface area (Å²) in [6.07, 6.45) is 0. The third-order valence-electron chi connectivity index (χ3n) is 3.77. The number of hydrogen-bond acceptors (Lipinski definition) is 5. The maximum absolute atomic E-state index is 12.1. The Hall–Kier alpha value is -2.35. The number of aromatic nitrogens is 3. The number of nitrogens with one attached hydrogen (secondary N) is 2. The molecule has 0 saturated heterocycles. The monoisotopic (exact) mass is 361 g/mol. The van der Waals surface area contributed by atoms with E-state index < -0.39 is 0 Å². The number of carbonyl (C=O) groups excluding carboxylic acids is 2. The van der Waals surface area contributed by atoms with Gasteiger partial charge in [-0.2, -0.15) is 0 Å². The van der Waals surface area contributed by atoms with Gasteiger partial charge < -0.3 is 15.2 Å². The number of aryl methyl sites for hydroxylation is 4. The Morgan fingerprint density at radius 3 is 2.28 bits per heavy atom. The number of carbonyl (C=O) groups is 2. The van der Waals surface area contributed by atoms with Gasteiger partial charge in [-0.3, -0.25) is 9.59 Å². The highest BCUT2D eigenvalue weighted by Crippen LogP contribution is 2.21. The van der Waals surface area contributed by atoms with Crippen molar-refractivity contribution in [3.8, 4) is 0 Å². The second-order valence-corrected chi connectivity index (χ2v) is 6.92. The van der Waals surface area contributed by atoms with Crippen LogP contribution in [-0.4, -0.2) is 38.9 Å². The molecule has 0 aliphatic carbocycles. The molecular weight excluding hydrogens is 338 g/mol. The van der Waals surface area contributed by atoms with Crippen LogP contribution in [0.4, 0.5) is 5.69 Å². The van der Waals surface area contributed by atoms with Crippen molar-refractivity contribution in [2.75, 3.05) is 17.6 Å². The molecule has 0 aliphatic rings. The number of nitrogens with zero attached hydrogens (tertiary/aromatic N) is 3. The first-order chi connectivity index (χ1) is 11.8. The molecule has 1 heterocycles. The number of anilines is 1. The van der Waals surface area contributed by atoms with Crippen LogP contribution in [0.2, 0.25) is 0 Å². The Morgan fingerprint density at radius 1 is 1.08 bits per heavy atom. The van der Waals surface area contributed by atoms with Gasteiger partial charge in [-0.1, -0.05) is 29.5 Å². The normalized spacial score (nSPS) is 10.6. The number of thioether (sulfide) groups is 1. The van der Waals surface area contributed by atoms with Gasteiger partial charge in [0.25, 0.3) is 0 Å². The summed E-state index contributed by atoms with van der Waals surface area (Å²) in [5, 5.41) is 14.1. The molecule has 8 heteroatoms. The van der Waals surface area contributed by atoms with E-state index in [9.17, 15) is 9.59 Å². The lowest BCUT2D eigenvalue weighted by Crippen LogP contribution is -2.34. The van der Waals surface area contributed by atoms with Gasteiger partial charge in [0, 0.05) is 12.7 Å². The van der Waals surface area contributed by atoms with Crippen LogP contribution in [0.25, 0.3) is 0 Å². The molecular formula is C17H23N5O2S. The highest BCUT2D eigenvalue weighted by atomic mass is 32.2. The number of benzene rings is 1. The van der Waals surface area contributed by atoms with Crippen molar-refractivity contribution in [2.24, 2.45) is 7.05 Å². The molecule has 1 aromatic carbocycles. The fourth-order valence-corrected chi connectivity index (χ4v) is 3.22. The molecule has 0 bridgehead atoms. The van der Waals surface area contributed by atoms with E-state index in [-0.39, 0.29) is 24.1 Å². The molecule has 7 nitrogen and oxygen atoms in total. The van der Waals surface area contributed by atoms with E-state index in [2.05, 4.69) is 20.8 Å². The molecule has 0 atom stereocenters. The van der Waals surface area contributed by atoms with E-state index in [4.69, 9.17) is 0 Å². The minimum atomic E-state index is -0.247. The number of rotatable bonds is 6. The average Bonchev–Trinajstić information content (AvgIpc) is 2.86. The van der Waals surface area contributed by atoms with Crippen LogP contribution in [0.15, 0.2) is 17.3 Å². The maximum atomic E-state index is 12.1. The van der Waals surface area contributed by atoms with Crippen molar-refractivity contribution in [1.29, 1.82) is 0 Å². The van der Waals surface area contributed by atoms with Crippen molar-refractivity contribution in [3.05, 3.63) is 34.6 Å². The molecule has 134 valence electrons. The van der Waals surface area contributed by atoms with E-state index in [1.165, 1.54) is 11.8 Å². The van der Waals surface area contributed by atoms with Gasteiger partial charge in [0.2, 0.25) is 11.8 Å². The molecule has 2 rings (SSSR count). The van der Waals surface area contributed by atoms with Crippen molar-refractivity contribution in [1.82, 2.24) is 20.1 Å². The Balaban J connectivity index is 1.82. The summed E-state index contributed by atoms with van der Waals surface area (Å²) >= 11 is 1.28. The van der Waals surface area contributed by atoms with Gasteiger partial charge >= 0.3 is 0 Å². The Kier molecular flexibility index (Phi) is 6.19. The van der Waals surface area contributed by atoms with E-state index >= 15 is 0 Å². The van der Waals surface area contributed by atoms with Crippen LogP contribution < -0.4 is 10.6 Å². The van der Waals surface area contributed by atoms with E-state index in [1.807, 2.05) is 51.4 Å². The quantitative estimate of drug-likeness (QED) is 0.767. The second kappa shape index (κ2) is 8.15. The zero-order valence-electron chi connectivity index (χ0n) is 15.1. The van der Waals surface area contributed by atoms with Crippen molar-refractivity contribution in [3.63, 3.8) is 0 Å². The van der Waals surface area contributed by atoms with Gasteiger partial charge in [-0.05, 0) is 38.8 Å². The van der Waals surface area contributed by atoms with Crippen LogP contribution in [0, 0.1) is 27.7 Å². The average molecular weight is 361 g/mol. The van der Waals surface area contributed by atoms with E-state index in [0.29, 0.717) is 5.16 Å². The first-order valence-electron chi connectivity index (χ1n) is 7.91. The maximum Gasteiger partial charge on any atom is 0.243 e. The van der Waals surface area contributed by atoms with Crippen molar-refractivity contribution < 1.29 is 9.59 Å². The Morgan fingerprint density at radius 2 is 1.72 bits per heavy atom. The minimum absolute atomic E-state index is 0.0655. The summed E-state index contributed by atoms with van der Waals surface area (Å²) < 4.78 is 1.81. The van der Waals surface area contributed by atoms with E-state index in [0.717, 1.165) is 28.2 Å². The van der Waals surface area contributed by atoms with Crippen LogP contribution in [0.3, 0.4) is 0 Å². The lowest BCUT2D eigenvalue weighted by Gasteiger charge is -2.13. The molecule has 2 amide bonds. The first kappa shape index (κ1) is 19.0. The smallest absolute Gasteiger partial charge is 0.243 e. The topological polar surface area (TPSA) is 88.9 Å². The van der Waals surface area contributed by atoms with Gasteiger partial charge in [0.15, 0.2) is 5.16 Å². The van der Waals surface area contributed by atoms with Crippen molar-refractivity contribution in [2.45, 2.75) is 32.9 Å². The third kappa shape index (κ3) is 5.06. The molecule has 0 spiro atoms. The third-order valence-corrected chi connectivity index (χ3v) is 4.79. The Labute approximate surface area is 151 Å². The lowest BCUT2D eigenvalue weighted by molar-refractivity contribution is -0.122. The van der Waals surface area contributed by atoms with Crippen LogP contribution in [0.1, 0.15) is 22.5 Å². The van der Waals surface area contributed by atoms with Crippen LogP contribution in [0.5, 0.6) is 0 Å². The molecule has 2 aromatic rings. The summed E-state index contributed by atoms with van der Waals surface area (Å²) in [5.74, 6) is 0.495. The standard InChI is InChI=1S/C17H23N5O2S/c1-10-6-11(2)16(12(3)7-10)19-14(23)8-18-15(24)9-25-17-21-20-13(4)22(17)5/h6-7H,8-9H2,1-5H3,(H,18,24)(H,19,23). The molecule has 0 fully saturated rings. The van der Waals surface area contributed by atoms with E-state index in [1.54, 1.807) is 0 Å².